The second kappa shape index (κ2) is 5.39. The molecule has 1 aromatic carbocycles. The second-order valence-corrected chi connectivity index (χ2v) is 4.03. The molecule has 1 heterocycles. The first-order valence-corrected chi connectivity index (χ1v) is 5.71. The van der Waals surface area contributed by atoms with Gasteiger partial charge in [-0.05, 0) is 36.8 Å². The molecule has 1 amide bonds. The fourth-order valence-electron chi connectivity index (χ4n) is 1.64. The minimum Gasteiger partial charge on any atom is -0.504 e. The summed E-state index contributed by atoms with van der Waals surface area (Å²) >= 11 is 0. The Morgan fingerprint density at radius 2 is 2.16 bits per heavy atom. The van der Waals surface area contributed by atoms with Gasteiger partial charge in [-0.25, -0.2) is 0 Å². The maximum absolute atomic E-state index is 12.0. The number of methoxy groups -OCH3 is 1. The average Bonchev–Trinajstić information content (AvgIpc) is 2.41. The van der Waals surface area contributed by atoms with E-state index in [9.17, 15) is 9.90 Å². The number of phenols is 1. The molecule has 5 heteroatoms. The van der Waals surface area contributed by atoms with Gasteiger partial charge in [-0.3, -0.25) is 9.78 Å². The van der Waals surface area contributed by atoms with Crippen molar-refractivity contribution < 1.29 is 14.6 Å². The normalized spacial score (nSPS) is 10.0. The Hall–Kier alpha value is -2.56. The number of ether oxygens (including phenoxy) is 1. The number of amides is 1. The summed E-state index contributed by atoms with van der Waals surface area (Å²) in [5, 5.41) is 12.4. The summed E-state index contributed by atoms with van der Waals surface area (Å²) in [5.74, 6) is -0.0366. The van der Waals surface area contributed by atoms with Gasteiger partial charge < -0.3 is 15.2 Å². The number of hydrogen-bond acceptors (Lipinski definition) is 4. The molecule has 0 fully saturated rings. The molecule has 0 radical (unpaired) electrons. The summed E-state index contributed by atoms with van der Waals surface area (Å²) in [6, 6.07) is 6.22. The molecule has 0 spiro atoms. The van der Waals surface area contributed by atoms with Crippen molar-refractivity contribution in [1.82, 2.24) is 4.98 Å². The van der Waals surface area contributed by atoms with Crippen molar-refractivity contribution in [1.29, 1.82) is 0 Å². The number of anilines is 1. The Morgan fingerprint density at radius 3 is 2.79 bits per heavy atom. The topological polar surface area (TPSA) is 71.5 Å². The highest BCUT2D eigenvalue weighted by molar-refractivity contribution is 6.04. The van der Waals surface area contributed by atoms with Gasteiger partial charge in [-0.1, -0.05) is 0 Å². The van der Waals surface area contributed by atoms with Crippen LogP contribution in [-0.4, -0.2) is 23.1 Å². The third-order valence-electron chi connectivity index (χ3n) is 2.71. The van der Waals surface area contributed by atoms with E-state index in [-0.39, 0.29) is 11.7 Å². The van der Waals surface area contributed by atoms with Gasteiger partial charge in [-0.15, -0.1) is 0 Å². The lowest BCUT2D eigenvalue weighted by Crippen LogP contribution is -2.12. The molecule has 0 aliphatic heterocycles. The number of carbonyl (C=O) groups excluding carboxylic acids is 1. The Bertz CT molecular complexity index is 611. The monoisotopic (exact) mass is 258 g/mol. The lowest BCUT2D eigenvalue weighted by molar-refractivity contribution is 0.102. The van der Waals surface area contributed by atoms with E-state index in [1.54, 1.807) is 30.6 Å². The Balaban J connectivity index is 2.21. The molecule has 1 aromatic heterocycles. The quantitative estimate of drug-likeness (QED) is 0.886. The summed E-state index contributed by atoms with van der Waals surface area (Å²) in [5.41, 5.74) is 1.92. The number of rotatable bonds is 3. The molecule has 2 aromatic rings. The van der Waals surface area contributed by atoms with Crippen LogP contribution in [0, 0.1) is 6.92 Å². The van der Waals surface area contributed by atoms with Crippen LogP contribution < -0.4 is 10.1 Å². The lowest BCUT2D eigenvalue weighted by Gasteiger charge is -2.09. The minimum atomic E-state index is -0.299. The predicted octanol–water partition coefficient (Wildman–Crippen LogP) is 2.36. The van der Waals surface area contributed by atoms with Gasteiger partial charge in [0.1, 0.15) is 0 Å². The number of phenolic OH excluding ortho intramolecular Hbond substituents is 1. The number of pyridine rings is 1. The summed E-state index contributed by atoms with van der Waals surface area (Å²) in [4.78, 5) is 16.0. The van der Waals surface area contributed by atoms with Crippen LogP contribution in [0.4, 0.5) is 5.69 Å². The highest BCUT2D eigenvalue weighted by Crippen LogP contribution is 2.26. The number of aryl methyl sites for hydroxylation is 1. The molecule has 0 saturated heterocycles. The van der Waals surface area contributed by atoms with Gasteiger partial charge in [0.25, 0.3) is 5.91 Å². The smallest absolute Gasteiger partial charge is 0.255 e. The first kappa shape index (κ1) is 12.9. The number of benzene rings is 1. The van der Waals surface area contributed by atoms with Crippen LogP contribution in [-0.2, 0) is 0 Å². The SMILES string of the molecule is COc1ccc(C(=O)Nc2ccncc2C)cc1O. The van der Waals surface area contributed by atoms with Crippen molar-refractivity contribution in [2.75, 3.05) is 12.4 Å². The highest BCUT2D eigenvalue weighted by atomic mass is 16.5. The van der Waals surface area contributed by atoms with Crippen LogP contribution in [0.2, 0.25) is 0 Å². The maximum atomic E-state index is 12.0. The molecule has 98 valence electrons. The number of aromatic hydroxyl groups is 1. The third-order valence-corrected chi connectivity index (χ3v) is 2.71. The van der Waals surface area contributed by atoms with E-state index < -0.39 is 0 Å². The van der Waals surface area contributed by atoms with Gasteiger partial charge in [0, 0.05) is 23.6 Å². The third kappa shape index (κ3) is 2.82. The fraction of sp³-hybridized carbons (Fsp3) is 0.143. The average molecular weight is 258 g/mol. The Labute approximate surface area is 110 Å². The van der Waals surface area contributed by atoms with Crippen molar-refractivity contribution in [3.05, 3.63) is 47.8 Å². The van der Waals surface area contributed by atoms with E-state index >= 15 is 0 Å². The van der Waals surface area contributed by atoms with Crippen LogP contribution in [0.25, 0.3) is 0 Å². The summed E-state index contributed by atoms with van der Waals surface area (Å²) < 4.78 is 4.93. The summed E-state index contributed by atoms with van der Waals surface area (Å²) in [6.45, 7) is 1.86. The molecule has 2 rings (SSSR count). The van der Waals surface area contributed by atoms with Crippen LogP contribution in [0.15, 0.2) is 36.7 Å². The Kier molecular flexibility index (Phi) is 3.66. The molecule has 0 atom stereocenters. The van der Waals surface area contributed by atoms with E-state index in [1.807, 2.05) is 6.92 Å². The molecular weight excluding hydrogens is 244 g/mol. The number of nitrogens with zero attached hydrogens (tertiary/aromatic N) is 1. The van der Waals surface area contributed by atoms with Crippen LogP contribution >= 0.6 is 0 Å². The van der Waals surface area contributed by atoms with E-state index in [0.717, 1.165) is 5.56 Å². The zero-order valence-corrected chi connectivity index (χ0v) is 10.7. The van der Waals surface area contributed by atoms with Crippen LogP contribution in [0.3, 0.4) is 0 Å². The molecule has 2 N–H and O–H groups in total. The first-order chi connectivity index (χ1) is 9.11. The lowest BCUT2D eigenvalue weighted by atomic mass is 10.1. The number of carbonyl (C=O) groups is 1. The summed E-state index contributed by atoms with van der Waals surface area (Å²) in [6.07, 6.45) is 3.27. The van der Waals surface area contributed by atoms with Crippen LogP contribution in [0.1, 0.15) is 15.9 Å². The first-order valence-electron chi connectivity index (χ1n) is 5.71. The van der Waals surface area contributed by atoms with E-state index in [1.165, 1.54) is 13.2 Å². The molecule has 19 heavy (non-hydrogen) atoms. The Morgan fingerprint density at radius 1 is 1.37 bits per heavy atom. The van der Waals surface area contributed by atoms with Crippen LogP contribution in [0.5, 0.6) is 11.5 Å². The molecule has 5 nitrogen and oxygen atoms in total. The largest absolute Gasteiger partial charge is 0.504 e. The van der Waals surface area contributed by atoms with Gasteiger partial charge in [0.2, 0.25) is 0 Å². The zero-order valence-electron chi connectivity index (χ0n) is 10.7. The zero-order chi connectivity index (χ0) is 13.8. The molecule has 0 bridgehead atoms. The molecule has 0 unspecified atom stereocenters. The van der Waals surface area contributed by atoms with Crippen molar-refractivity contribution in [2.45, 2.75) is 6.92 Å². The van der Waals surface area contributed by atoms with Crippen molar-refractivity contribution in [3.8, 4) is 11.5 Å². The maximum Gasteiger partial charge on any atom is 0.255 e. The fourth-order valence-corrected chi connectivity index (χ4v) is 1.64. The van der Waals surface area contributed by atoms with Gasteiger partial charge in [0.05, 0.1) is 7.11 Å². The van der Waals surface area contributed by atoms with E-state index in [4.69, 9.17) is 4.74 Å². The van der Waals surface area contributed by atoms with E-state index in [0.29, 0.717) is 17.0 Å². The molecule has 0 aliphatic carbocycles. The molecular formula is C14H14N2O3. The predicted molar refractivity (Wildman–Crippen MR) is 71.6 cm³/mol. The number of nitrogens with one attached hydrogen (secondary N) is 1. The van der Waals surface area contributed by atoms with Crippen molar-refractivity contribution in [2.24, 2.45) is 0 Å². The summed E-state index contributed by atoms with van der Waals surface area (Å²) in [7, 11) is 1.45. The van der Waals surface area contributed by atoms with Gasteiger partial charge in [-0.2, -0.15) is 0 Å². The highest BCUT2D eigenvalue weighted by Gasteiger charge is 2.10. The minimum absolute atomic E-state index is 0.0680. The standard InChI is InChI=1S/C14H14N2O3/c1-9-8-15-6-5-11(9)16-14(18)10-3-4-13(19-2)12(17)7-10/h3-8,17H,1-2H3,(H,15,16,18). The molecule has 0 saturated carbocycles. The molecule has 0 aliphatic rings. The van der Waals surface area contributed by atoms with Crippen molar-refractivity contribution >= 4 is 11.6 Å². The number of aromatic nitrogens is 1. The van der Waals surface area contributed by atoms with Gasteiger partial charge >= 0.3 is 0 Å². The van der Waals surface area contributed by atoms with E-state index in [2.05, 4.69) is 10.3 Å². The number of hydrogen-bond donors (Lipinski definition) is 2. The van der Waals surface area contributed by atoms with Gasteiger partial charge in [0.15, 0.2) is 11.5 Å². The second-order valence-electron chi connectivity index (χ2n) is 4.03. The van der Waals surface area contributed by atoms with Crippen molar-refractivity contribution in [3.63, 3.8) is 0 Å².